The van der Waals surface area contributed by atoms with E-state index < -0.39 is 0 Å². The van der Waals surface area contributed by atoms with E-state index in [4.69, 9.17) is 4.98 Å². The van der Waals surface area contributed by atoms with Gasteiger partial charge in [0.2, 0.25) is 0 Å². The second-order valence-electron chi connectivity index (χ2n) is 7.54. The van der Waals surface area contributed by atoms with Crippen LogP contribution in [0.5, 0.6) is 0 Å². The highest BCUT2D eigenvalue weighted by molar-refractivity contribution is 7.09. The first-order valence-corrected chi connectivity index (χ1v) is 8.72. The van der Waals surface area contributed by atoms with E-state index in [1.807, 2.05) is 11.3 Å². The zero-order valence-corrected chi connectivity index (χ0v) is 15.2. The van der Waals surface area contributed by atoms with Crippen LogP contribution in [0.25, 0.3) is 0 Å². The molecule has 1 unspecified atom stereocenters. The van der Waals surface area contributed by atoms with Crippen molar-refractivity contribution in [1.82, 2.24) is 10.3 Å². The lowest BCUT2D eigenvalue weighted by molar-refractivity contribution is 0.207. The SMILES string of the molecule is CCCNCC(C)(Cc1nc(C(C)(C)C)cs1)C(C)C. The molecule has 20 heavy (non-hydrogen) atoms. The van der Waals surface area contributed by atoms with Gasteiger partial charge in [0.05, 0.1) is 10.7 Å². The van der Waals surface area contributed by atoms with Crippen molar-refractivity contribution in [3.63, 3.8) is 0 Å². The smallest absolute Gasteiger partial charge is 0.0934 e. The van der Waals surface area contributed by atoms with E-state index in [1.165, 1.54) is 17.1 Å². The zero-order chi connectivity index (χ0) is 15.4. The Morgan fingerprint density at radius 1 is 1.25 bits per heavy atom. The molecule has 1 aromatic heterocycles. The van der Waals surface area contributed by atoms with E-state index >= 15 is 0 Å². The predicted molar refractivity (Wildman–Crippen MR) is 90.6 cm³/mol. The average Bonchev–Trinajstić information content (AvgIpc) is 2.77. The van der Waals surface area contributed by atoms with Gasteiger partial charge in [0.1, 0.15) is 0 Å². The van der Waals surface area contributed by atoms with Gasteiger partial charge in [-0.25, -0.2) is 4.98 Å². The van der Waals surface area contributed by atoms with Gasteiger partial charge in [-0.15, -0.1) is 11.3 Å². The molecule has 0 radical (unpaired) electrons. The molecule has 1 heterocycles. The molecule has 1 N–H and O–H groups in total. The molecule has 0 saturated heterocycles. The lowest BCUT2D eigenvalue weighted by Crippen LogP contribution is -2.38. The molecule has 1 aromatic rings. The first-order chi connectivity index (χ1) is 9.19. The molecule has 116 valence electrons. The maximum atomic E-state index is 4.87. The lowest BCUT2D eigenvalue weighted by atomic mass is 9.76. The minimum absolute atomic E-state index is 0.156. The van der Waals surface area contributed by atoms with Crippen molar-refractivity contribution in [3.8, 4) is 0 Å². The van der Waals surface area contributed by atoms with E-state index in [-0.39, 0.29) is 10.8 Å². The summed E-state index contributed by atoms with van der Waals surface area (Å²) in [7, 11) is 0. The molecule has 0 saturated carbocycles. The normalized spacial score (nSPS) is 15.6. The zero-order valence-electron chi connectivity index (χ0n) is 14.3. The van der Waals surface area contributed by atoms with Crippen LogP contribution in [0.2, 0.25) is 0 Å². The number of rotatable bonds is 7. The highest BCUT2D eigenvalue weighted by atomic mass is 32.1. The number of nitrogens with one attached hydrogen (secondary N) is 1. The van der Waals surface area contributed by atoms with Gasteiger partial charge in [0.25, 0.3) is 0 Å². The van der Waals surface area contributed by atoms with Crippen molar-refractivity contribution in [2.24, 2.45) is 11.3 Å². The summed E-state index contributed by atoms with van der Waals surface area (Å²) >= 11 is 1.82. The molecule has 0 fully saturated rings. The summed E-state index contributed by atoms with van der Waals surface area (Å²) in [6.07, 6.45) is 2.27. The van der Waals surface area contributed by atoms with E-state index in [0.29, 0.717) is 5.92 Å². The van der Waals surface area contributed by atoms with Crippen LogP contribution in [0, 0.1) is 11.3 Å². The van der Waals surface area contributed by atoms with Gasteiger partial charge in [-0.3, -0.25) is 0 Å². The molecule has 0 amide bonds. The Morgan fingerprint density at radius 3 is 2.35 bits per heavy atom. The summed E-state index contributed by atoms with van der Waals surface area (Å²) in [4.78, 5) is 4.87. The minimum Gasteiger partial charge on any atom is -0.316 e. The van der Waals surface area contributed by atoms with E-state index in [2.05, 4.69) is 59.2 Å². The number of hydrogen-bond acceptors (Lipinski definition) is 3. The van der Waals surface area contributed by atoms with Gasteiger partial charge in [0.15, 0.2) is 0 Å². The lowest BCUT2D eigenvalue weighted by Gasteiger charge is -2.33. The first kappa shape index (κ1) is 17.6. The Balaban J connectivity index is 2.77. The van der Waals surface area contributed by atoms with Crippen LogP contribution >= 0.6 is 11.3 Å². The predicted octanol–water partition coefficient (Wildman–Crippen LogP) is 4.65. The average molecular weight is 297 g/mol. The highest BCUT2D eigenvalue weighted by Gasteiger charge is 2.30. The molecular formula is C17H32N2S. The fourth-order valence-corrected chi connectivity index (χ4v) is 3.32. The second kappa shape index (κ2) is 7.04. The monoisotopic (exact) mass is 296 g/mol. The van der Waals surface area contributed by atoms with Crippen molar-refractivity contribution >= 4 is 11.3 Å². The third-order valence-electron chi connectivity index (χ3n) is 4.22. The van der Waals surface area contributed by atoms with Crippen molar-refractivity contribution in [2.75, 3.05) is 13.1 Å². The molecule has 0 bridgehead atoms. The van der Waals surface area contributed by atoms with Crippen LogP contribution in [0.4, 0.5) is 0 Å². The Morgan fingerprint density at radius 2 is 1.90 bits per heavy atom. The molecule has 1 rings (SSSR count). The third kappa shape index (κ3) is 4.85. The molecule has 0 aliphatic carbocycles. The van der Waals surface area contributed by atoms with Gasteiger partial charge in [-0.1, -0.05) is 48.5 Å². The van der Waals surface area contributed by atoms with Crippen LogP contribution < -0.4 is 5.32 Å². The summed E-state index contributed by atoms with van der Waals surface area (Å²) in [6.45, 7) is 18.1. The fourth-order valence-electron chi connectivity index (χ4n) is 2.10. The summed E-state index contributed by atoms with van der Waals surface area (Å²) in [5.41, 5.74) is 1.66. The Bertz CT molecular complexity index is 403. The molecule has 0 aliphatic rings. The van der Waals surface area contributed by atoms with Crippen LogP contribution in [0.1, 0.15) is 65.6 Å². The van der Waals surface area contributed by atoms with Gasteiger partial charge < -0.3 is 5.32 Å². The molecule has 0 aromatic carbocycles. The number of hydrogen-bond donors (Lipinski definition) is 1. The highest BCUT2D eigenvalue weighted by Crippen LogP contribution is 2.33. The Labute approximate surface area is 129 Å². The van der Waals surface area contributed by atoms with Crippen molar-refractivity contribution in [2.45, 2.75) is 66.7 Å². The van der Waals surface area contributed by atoms with Crippen LogP contribution in [0.3, 0.4) is 0 Å². The summed E-state index contributed by atoms with van der Waals surface area (Å²) < 4.78 is 0. The third-order valence-corrected chi connectivity index (χ3v) is 5.07. The number of nitrogens with zero attached hydrogens (tertiary/aromatic N) is 1. The molecule has 2 nitrogen and oxygen atoms in total. The molecule has 0 aliphatic heterocycles. The Hall–Kier alpha value is -0.410. The van der Waals surface area contributed by atoms with E-state index in [1.54, 1.807) is 0 Å². The largest absolute Gasteiger partial charge is 0.316 e. The second-order valence-corrected chi connectivity index (χ2v) is 8.48. The molecule has 0 spiro atoms. The Kier molecular flexibility index (Phi) is 6.21. The van der Waals surface area contributed by atoms with Gasteiger partial charge in [-0.05, 0) is 24.3 Å². The van der Waals surface area contributed by atoms with Crippen molar-refractivity contribution in [3.05, 3.63) is 16.1 Å². The maximum absolute atomic E-state index is 4.87. The van der Waals surface area contributed by atoms with Crippen molar-refractivity contribution in [1.29, 1.82) is 0 Å². The summed E-state index contributed by atoms with van der Waals surface area (Å²) in [5.74, 6) is 0.647. The number of aromatic nitrogens is 1. The first-order valence-electron chi connectivity index (χ1n) is 7.84. The van der Waals surface area contributed by atoms with Gasteiger partial charge >= 0.3 is 0 Å². The molecule has 3 heteroatoms. The van der Waals surface area contributed by atoms with Gasteiger partial charge in [0, 0.05) is 23.8 Å². The van der Waals surface area contributed by atoms with Crippen LogP contribution in [-0.4, -0.2) is 18.1 Å². The fraction of sp³-hybridized carbons (Fsp3) is 0.824. The maximum Gasteiger partial charge on any atom is 0.0934 e. The van der Waals surface area contributed by atoms with E-state index in [0.717, 1.165) is 19.5 Å². The van der Waals surface area contributed by atoms with Crippen molar-refractivity contribution < 1.29 is 0 Å². The standard InChI is InChI=1S/C17H32N2S/c1-8-9-18-12-17(7,13(2)3)10-15-19-14(11-20-15)16(4,5)6/h11,13,18H,8-10,12H2,1-7H3. The van der Waals surface area contributed by atoms with E-state index in [9.17, 15) is 0 Å². The minimum atomic E-state index is 0.156. The number of thiazole rings is 1. The van der Waals surface area contributed by atoms with Gasteiger partial charge in [-0.2, -0.15) is 0 Å². The van der Waals surface area contributed by atoms with Crippen LogP contribution in [0.15, 0.2) is 5.38 Å². The molecule has 1 atom stereocenters. The quantitative estimate of drug-likeness (QED) is 0.741. The summed E-state index contributed by atoms with van der Waals surface area (Å²) in [6, 6.07) is 0. The molecular weight excluding hydrogens is 264 g/mol. The summed E-state index contributed by atoms with van der Waals surface area (Å²) in [5, 5.41) is 7.10. The topological polar surface area (TPSA) is 24.9 Å². The van der Waals surface area contributed by atoms with Crippen LogP contribution in [-0.2, 0) is 11.8 Å².